The molecule has 0 bridgehead atoms. The van der Waals surface area contributed by atoms with E-state index in [9.17, 15) is 0 Å². The van der Waals surface area contributed by atoms with Crippen LogP contribution in [0.5, 0.6) is 0 Å². The van der Waals surface area contributed by atoms with E-state index in [1.165, 1.54) is 17.6 Å². The number of nitrogens with one attached hydrogen (secondary N) is 1. The summed E-state index contributed by atoms with van der Waals surface area (Å²) >= 11 is 0. The van der Waals surface area contributed by atoms with Crippen LogP contribution < -0.4 is 5.32 Å². The Morgan fingerprint density at radius 1 is 1.27 bits per heavy atom. The van der Waals surface area contributed by atoms with Crippen molar-refractivity contribution in [1.29, 1.82) is 0 Å². The molecule has 0 atom stereocenters. The molecule has 116 valence electrons. The lowest BCUT2D eigenvalue weighted by atomic mass is 10.2. The topological polar surface area (TPSA) is 72.9 Å². The van der Waals surface area contributed by atoms with Gasteiger partial charge in [-0.2, -0.15) is 19.7 Å². The average molecular weight is 299 g/mol. The Morgan fingerprint density at radius 2 is 2.09 bits per heavy atom. The molecule has 0 saturated heterocycles. The number of hydrogen-bond donors (Lipinski definition) is 1. The minimum absolute atomic E-state index is 0.632. The summed E-state index contributed by atoms with van der Waals surface area (Å²) in [6, 6.07) is 2.05. The van der Waals surface area contributed by atoms with Gasteiger partial charge in [0.15, 0.2) is 0 Å². The van der Waals surface area contributed by atoms with Crippen LogP contribution in [-0.4, -0.2) is 29.4 Å². The second kappa shape index (κ2) is 5.75. The predicted octanol–water partition coefficient (Wildman–Crippen LogP) is 2.04. The molecule has 0 aliphatic rings. The summed E-state index contributed by atoms with van der Waals surface area (Å²) in [5, 5.41) is 12.1. The molecule has 3 aromatic heterocycles. The molecule has 0 aliphatic carbocycles. The molecule has 7 nitrogen and oxygen atoms in total. The Hall–Kier alpha value is -2.44. The Kier molecular flexibility index (Phi) is 3.79. The lowest BCUT2D eigenvalue weighted by Gasteiger charge is -2.10. The van der Waals surface area contributed by atoms with E-state index in [-0.39, 0.29) is 0 Å². The smallest absolute Gasteiger partial charge is 0.254 e. The molecule has 0 amide bonds. The number of nitrogens with zero attached hydrogens (tertiary/aromatic N) is 6. The van der Waals surface area contributed by atoms with E-state index in [4.69, 9.17) is 0 Å². The fraction of sp³-hybridized carbons (Fsp3) is 0.467. The number of aromatic nitrogens is 6. The molecule has 1 N–H and O–H groups in total. The van der Waals surface area contributed by atoms with E-state index in [0.29, 0.717) is 12.3 Å². The van der Waals surface area contributed by atoms with Crippen molar-refractivity contribution in [3.63, 3.8) is 0 Å². The van der Waals surface area contributed by atoms with Crippen LogP contribution in [0.15, 0.2) is 12.4 Å². The molecule has 3 heterocycles. The van der Waals surface area contributed by atoms with Crippen molar-refractivity contribution < 1.29 is 0 Å². The van der Waals surface area contributed by atoms with Gasteiger partial charge < -0.3 is 5.32 Å². The monoisotopic (exact) mass is 299 g/mol. The summed E-state index contributed by atoms with van der Waals surface area (Å²) in [5.74, 6) is 1.54. The van der Waals surface area contributed by atoms with Crippen LogP contribution in [-0.2, 0) is 20.0 Å². The van der Waals surface area contributed by atoms with Crippen molar-refractivity contribution in [3.8, 4) is 0 Å². The Labute approximate surface area is 129 Å². The molecule has 0 aliphatic heterocycles. The van der Waals surface area contributed by atoms with Gasteiger partial charge in [0.25, 0.3) is 5.78 Å². The van der Waals surface area contributed by atoms with Gasteiger partial charge in [0.05, 0.1) is 5.69 Å². The first-order chi connectivity index (χ1) is 10.6. The highest BCUT2D eigenvalue weighted by Gasteiger charge is 2.11. The number of fused-ring (bicyclic) bond motifs is 1. The maximum atomic E-state index is 4.51. The minimum atomic E-state index is 0.632. The van der Waals surface area contributed by atoms with E-state index in [1.807, 2.05) is 24.7 Å². The summed E-state index contributed by atoms with van der Waals surface area (Å²) in [4.78, 5) is 8.71. The number of rotatable bonds is 5. The quantitative estimate of drug-likeness (QED) is 0.780. The van der Waals surface area contributed by atoms with Gasteiger partial charge in [-0.25, -0.2) is 4.98 Å². The molecule has 0 unspecified atom stereocenters. The zero-order chi connectivity index (χ0) is 15.7. The van der Waals surface area contributed by atoms with E-state index < -0.39 is 0 Å². The highest BCUT2D eigenvalue weighted by molar-refractivity contribution is 5.46. The third-order valence-corrected chi connectivity index (χ3v) is 3.92. The third-order valence-electron chi connectivity index (χ3n) is 3.92. The zero-order valence-electron chi connectivity index (χ0n) is 13.5. The van der Waals surface area contributed by atoms with E-state index in [0.717, 1.165) is 30.0 Å². The van der Waals surface area contributed by atoms with Crippen molar-refractivity contribution in [2.45, 2.75) is 40.2 Å². The number of hydrogen-bond acceptors (Lipinski definition) is 5. The second-order valence-electron chi connectivity index (χ2n) is 5.48. The molecule has 0 radical (unpaired) electrons. The summed E-state index contributed by atoms with van der Waals surface area (Å²) in [6.45, 7) is 6.96. The predicted molar refractivity (Wildman–Crippen MR) is 84.8 cm³/mol. The van der Waals surface area contributed by atoms with E-state index in [1.54, 1.807) is 4.52 Å². The summed E-state index contributed by atoms with van der Waals surface area (Å²) < 4.78 is 3.65. The van der Waals surface area contributed by atoms with E-state index in [2.05, 4.69) is 39.3 Å². The normalized spacial score (nSPS) is 11.3. The molecular formula is C15H21N7. The van der Waals surface area contributed by atoms with Gasteiger partial charge in [0.2, 0.25) is 0 Å². The lowest BCUT2D eigenvalue weighted by molar-refractivity contribution is 0.730. The van der Waals surface area contributed by atoms with Crippen molar-refractivity contribution >= 4 is 11.6 Å². The third kappa shape index (κ3) is 2.54. The Bertz CT molecular complexity index is 800. The summed E-state index contributed by atoms with van der Waals surface area (Å²) in [7, 11) is 1.97. The van der Waals surface area contributed by atoms with Gasteiger partial charge in [-0.3, -0.25) is 4.68 Å². The highest BCUT2D eigenvalue weighted by atomic mass is 15.4. The van der Waals surface area contributed by atoms with Crippen molar-refractivity contribution in [2.24, 2.45) is 7.05 Å². The molecule has 3 aromatic rings. The van der Waals surface area contributed by atoms with Crippen molar-refractivity contribution in [2.75, 3.05) is 5.32 Å². The first-order valence-electron chi connectivity index (χ1n) is 7.52. The van der Waals surface area contributed by atoms with Crippen LogP contribution in [0.3, 0.4) is 0 Å². The van der Waals surface area contributed by atoms with Crippen molar-refractivity contribution in [1.82, 2.24) is 29.4 Å². The highest BCUT2D eigenvalue weighted by Crippen LogP contribution is 2.16. The van der Waals surface area contributed by atoms with Gasteiger partial charge >= 0.3 is 0 Å². The fourth-order valence-corrected chi connectivity index (χ4v) is 2.62. The average Bonchev–Trinajstić information content (AvgIpc) is 3.03. The number of aryl methyl sites for hydroxylation is 3. The summed E-state index contributed by atoms with van der Waals surface area (Å²) in [5.41, 5.74) is 4.46. The summed E-state index contributed by atoms with van der Waals surface area (Å²) in [6.07, 6.45) is 3.52. The van der Waals surface area contributed by atoms with Crippen LogP contribution >= 0.6 is 0 Å². The molecule has 0 fully saturated rings. The largest absolute Gasteiger partial charge is 0.366 e. The van der Waals surface area contributed by atoms with Crippen LogP contribution in [0.25, 0.3) is 5.78 Å². The molecule has 0 aromatic carbocycles. The van der Waals surface area contributed by atoms with E-state index >= 15 is 0 Å². The molecule has 3 rings (SSSR count). The fourth-order valence-electron chi connectivity index (χ4n) is 2.62. The van der Waals surface area contributed by atoms with Crippen LogP contribution in [0, 0.1) is 13.8 Å². The standard InChI is InChI=1S/C15H21N7/c1-5-6-12-7-14(22-15(19-12)17-9-18-22)16-8-13-10(2)20-21(4)11(13)3/h7,9,16H,5-6,8H2,1-4H3. The Balaban J connectivity index is 1.91. The van der Waals surface area contributed by atoms with Crippen LogP contribution in [0.4, 0.5) is 5.82 Å². The lowest BCUT2D eigenvalue weighted by Crippen LogP contribution is -2.09. The molecule has 0 saturated carbocycles. The Morgan fingerprint density at radius 3 is 2.77 bits per heavy atom. The van der Waals surface area contributed by atoms with Gasteiger partial charge in [-0.05, 0) is 20.3 Å². The minimum Gasteiger partial charge on any atom is -0.366 e. The maximum absolute atomic E-state index is 4.51. The molecule has 22 heavy (non-hydrogen) atoms. The molecule has 7 heteroatoms. The first kappa shape index (κ1) is 14.5. The second-order valence-corrected chi connectivity index (χ2v) is 5.48. The van der Waals surface area contributed by atoms with Gasteiger partial charge in [0.1, 0.15) is 12.1 Å². The maximum Gasteiger partial charge on any atom is 0.254 e. The number of anilines is 1. The van der Waals surface area contributed by atoms with Crippen molar-refractivity contribution in [3.05, 3.63) is 35.0 Å². The van der Waals surface area contributed by atoms with Gasteiger partial charge in [0, 0.05) is 36.6 Å². The zero-order valence-corrected chi connectivity index (χ0v) is 13.5. The van der Waals surface area contributed by atoms with Gasteiger partial charge in [-0.1, -0.05) is 13.3 Å². The van der Waals surface area contributed by atoms with Gasteiger partial charge in [-0.15, -0.1) is 0 Å². The van der Waals surface area contributed by atoms with Crippen LogP contribution in [0.2, 0.25) is 0 Å². The molecule has 0 spiro atoms. The molecular weight excluding hydrogens is 278 g/mol. The first-order valence-corrected chi connectivity index (χ1v) is 7.52. The van der Waals surface area contributed by atoms with Crippen LogP contribution in [0.1, 0.15) is 36.0 Å². The SMILES string of the molecule is CCCc1cc(NCc2c(C)nn(C)c2C)n2ncnc2n1.